The van der Waals surface area contributed by atoms with Crippen molar-refractivity contribution in [3.8, 4) is 0 Å². The van der Waals surface area contributed by atoms with Crippen LogP contribution in [0.25, 0.3) is 11.2 Å². The van der Waals surface area contributed by atoms with Crippen LogP contribution in [0.5, 0.6) is 0 Å². The van der Waals surface area contributed by atoms with Crippen molar-refractivity contribution in [2.75, 3.05) is 5.32 Å². The van der Waals surface area contributed by atoms with E-state index in [-0.39, 0.29) is 51.8 Å². The molecule has 1 amide bonds. The van der Waals surface area contributed by atoms with Crippen LogP contribution < -0.4 is 10.9 Å². The summed E-state index contributed by atoms with van der Waals surface area (Å²) >= 11 is 0. The van der Waals surface area contributed by atoms with Gasteiger partial charge in [0.2, 0.25) is 11.9 Å². The molecule has 2 N–H and O–H groups in total. The summed E-state index contributed by atoms with van der Waals surface area (Å²) in [5, 5.41) is 2.80. The number of H-pyrrole nitrogens is 1. The van der Waals surface area contributed by atoms with Gasteiger partial charge in [0.15, 0.2) is 19.5 Å². The number of carbonyl (C=O) groups is 1. The van der Waals surface area contributed by atoms with Crippen LogP contribution in [0, 0.1) is 5.92 Å². The molecule has 2 aromatic heterocycles. The number of carbonyl (C=O) groups excluding carboxylic acids is 1. The maximum absolute atomic E-state index is 12.4. The minimum absolute atomic E-state index is 0.116. The number of ether oxygens (including phenoxy) is 1. The molecule has 0 bridgehead atoms. The molecule has 3 atom stereocenters. The number of amides is 1. The van der Waals surface area contributed by atoms with Gasteiger partial charge in [-0.2, -0.15) is 4.98 Å². The summed E-state index contributed by atoms with van der Waals surface area (Å²) in [5.41, 5.74) is -0.00226. The molecule has 0 radical (unpaired) electrons. The molecule has 2 aliphatic rings. The summed E-state index contributed by atoms with van der Waals surface area (Å²) in [6, 6.07) is 0. The van der Waals surface area contributed by atoms with Crippen LogP contribution in [-0.4, -0.2) is 45.4 Å². The molecule has 1 aliphatic heterocycles. The van der Waals surface area contributed by atoms with E-state index in [1.54, 1.807) is 24.7 Å². The van der Waals surface area contributed by atoms with Crippen LogP contribution in [0.4, 0.5) is 5.95 Å². The largest absolute Gasteiger partial charge is 0.411 e. The molecule has 9 nitrogen and oxygen atoms in total. The SMILES string of the molecule is CC(C)C(=O)Nc1nc2c(ncn2[C@H]2CC[C@@]3(CC3O[Si](C)(C)C(C)(C)C)O2)c(=O)[nH]1. The van der Waals surface area contributed by atoms with Crippen LogP contribution in [0.2, 0.25) is 18.1 Å². The zero-order valence-corrected chi connectivity index (χ0v) is 20.4. The van der Waals surface area contributed by atoms with Crippen molar-refractivity contribution in [1.29, 1.82) is 0 Å². The van der Waals surface area contributed by atoms with Crippen molar-refractivity contribution in [1.82, 2.24) is 19.5 Å². The van der Waals surface area contributed by atoms with E-state index in [1.165, 1.54) is 0 Å². The highest BCUT2D eigenvalue weighted by Crippen LogP contribution is 2.56. The first-order valence-electron chi connectivity index (χ1n) is 11.0. The van der Waals surface area contributed by atoms with E-state index in [9.17, 15) is 9.59 Å². The Morgan fingerprint density at radius 1 is 1.42 bits per heavy atom. The third kappa shape index (κ3) is 3.96. The fourth-order valence-electron chi connectivity index (χ4n) is 3.73. The number of aromatic nitrogens is 4. The van der Waals surface area contributed by atoms with Crippen molar-refractivity contribution in [3.63, 3.8) is 0 Å². The van der Waals surface area contributed by atoms with E-state index in [0.29, 0.717) is 5.65 Å². The van der Waals surface area contributed by atoms with E-state index in [0.717, 1.165) is 19.3 Å². The summed E-state index contributed by atoms with van der Waals surface area (Å²) in [6.07, 6.45) is 4.04. The third-order valence-corrected chi connectivity index (χ3v) is 11.4. The maximum Gasteiger partial charge on any atom is 0.280 e. The second-order valence-electron chi connectivity index (χ2n) is 10.6. The normalized spacial score (nSPS) is 26.2. The number of imidazole rings is 1. The van der Waals surface area contributed by atoms with Gasteiger partial charge in [0.05, 0.1) is 18.0 Å². The Morgan fingerprint density at radius 2 is 2.13 bits per heavy atom. The van der Waals surface area contributed by atoms with Crippen LogP contribution >= 0.6 is 0 Å². The lowest BCUT2D eigenvalue weighted by Crippen LogP contribution is -2.42. The van der Waals surface area contributed by atoms with Gasteiger partial charge in [0, 0.05) is 12.3 Å². The van der Waals surface area contributed by atoms with Gasteiger partial charge >= 0.3 is 0 Å². The van der Waals surface area contributed by atoms with Crippen LogP contribution in [0.15, 0.2) is 11.1 Å². The topological polar surface area (TPSA) is 111 Å². The summed E-state index contributed by atoms with van der Waals surface area (Å²) in [6.45, 7) is 14.8. The zero-order chi connectivity index (χ0) is 22.8. The molecular weight excluding hydrogens is 414 g/mol. The Morgan fingerprint density at radius 3 is 2.77 bits per heavy atom. The Kier molecular flexibility index (Phi) is 5.18. The number of anilines is 1. The number of fused-ring (bicyclic) bond motifs is 1. The second-order valence-corrected chi connectivity index (χ2v) is 15.4. The molecule has 10 heteroatoms. The maximum atomic E-state index is 12.4. The lowest BCUT2D eigenvalue weighted by Gasteiger charge is -2.36. The molecule has 170 valence electrons. The highest BCUT2D eigenvalue weighted by molar-refractivity contribution is 6.74. The lowest BCUT2D eigenvalue weighted by atomic mass is 10.2. The molecule has 2 aromatic rings. The molecule has 3 heterocycles. The van der Waals surface area contributed by atoms with Gasteiger partial charge < -0.3 is 9.16 Å². The number of hydrogen-bond donors (Lipinski definition) is 2. The molecule has 1 aliphatic carbocycles. The van der Waals surface area contributed by atoms with Gasteiger partial charge in [-0.1, -0.05) is 34.6 Å². The monoisotopic (exact) mass is 447 g/mol. The predicted octanol–water partition coefficient (Wildman–Crippen LogP) is 3.56. The number of nitrogens with zero attached hydrogens (tertiary/aromatic N) is 3. The molecular formula is C21H33N5O4Si. The van der Waals surface area contributed by atoms with Crippen molar-refractivity contribution in [2.45, 2.75) is 89.9 Å². The highest BCUT2D eigenvalue weighted by atomic mass is 28.4. The minimum atomic E-state index is -1.87. The van der Waals surface area contributed by atoms with Crippen LogP contribution in [0.3, 0.4) is 0 Å². The minimum Gasteiger partial charge on any atom is -0.411 e. The molecule has 1 spiro atoms. The summed E-state index contributed by atoms with van der Waals surface area (Å²) in [4.78, 5) is 35.7. The van der Waals surface area contributed by atoms with Gasteiger partial charge in [-0.3, -0.25) is 24.5 Å². The molecule has 1 saturated carbocycles. The van der Waals surface area contributed by atoms with Crippen LogP contribution in [0.1, 0.15) is 60.1 Å². The van der Waals surface area contributed by atoms with Crippen molar-refractivity contribution in [2.24, 2.45) is 5.92 Å². The summed E-state index contributed by atoms with van der Waals surface area (Å²) in [7, 11) is -1.87. The van der Waals surface area contributed by atoms with Gasteiger partial charge in [-0.25, -0.2) is 4.98 Å². The van der Waals surface area contributed by atoms with Crippen molar-refractivity contribution in [3.05, 3.63) is 16.7 Å². The van der Waals surface area contributed by atoms with E-state index < -0.39 is 8.32 Å². The quantitative estimate of drug-likeness (QED) is 0.678. The van der Waals surface area contributed by atoms with E-state index >= 15 is 0 Å². The van der Waals surface area contributed by atoms with Gasteiger partial charge in [-0.15, -0.1) is 0 Å². The Hall–Kier alpha value is -2.04. The number of nitrogens with one attached hydrogen (secondary N) is 2. The Labute approximate surface area is 183 Å². The molecule has 4 rings (SSSR count). The lowest BCUT2D eigenvalue weighted by molar-refractivity contribution is -0.118. The first-order chi connectivity index (χ1) is 14.3. The molecule has 31 heavy (non-hydrogen) atoms. The van der Waals surface area contributed by atoms with Crippen LogP contribution in [-0.2, 0) is 14.0 Å². The standard InChI is InChI=1S/C21H33N5O4Si/c1-12(2)17(27)24-19-23-16-15(18(28)25-19)22-11-26(16)14-8-9-21(29-14)10-13(21)30-31(6,7)20(3,4)5/h11-14H,8-10H2,1-7H3,(H2,23,24,25,27,28)/t13?,14-,21+/m1/s1. The van der Waals surface area contributed by atoms with Gasteiger partial charge in [0.25, 0.3) is 5.56 Å². The molecule has 2 fully saturated rings. The predicted molar refractivity (Wildman–Crippen MR) is 120 cm³/mol. The smallest absolute Gasteiger partial charge is 0.280 e. The average molecular weight is 448 g/mol. The zero-order valence-electron chi connectivity index (χ0n) is 19.4. The molecule has 1 unspecified atom stereocenters. The molecule has 1 saturated heterocycles. The highest BCUT2D eigenvalue weighted by Gasteiger charge is 2.63. The van der Waals surface area contributed by atoms with Gasteiger partial charge in [0.1, 0.15) is 6.23 Å². The average Bonchev–Trinajstić information content (AvgIpc) is 2.98. The van der Waals surface area contributed by atoms with E-state index in [1.807, 2.05) is 0 Å². The summed E-state index contributed by atoms with van der Waals surface area (Å²) in [5.74, 6) is -0.318. The fourth-order valence-corrected chi connectivity index (χ4v) is 5.10. The van der Waals surface area contributed by atoms with Crippen molar-refractivity contribution >= 4 is 31.3 Å². The number of aromatic amines is 1. The number of hydrogen-bond acceptors (Lipinski definition) is 6. The van der Waals surface area contributed by atoms with Gasteiger partial charge in [-0.05, 0) is 31.0 Å². The number of rotatable bonds is 5. The first-order valence-corrected chi connectivity index (χ1v) is 13.9. The first kappa shape index (κ1) is 22.2. The second kappa shape index (κ2) is 7.24. The summed E-state index contributed by atoms with van der Waals surface area (Å²) < 4.78 is 14.8. The van der Waals surface area contributed by atoms with E-state index in [2.05, 4.69) is 54.1 Å². The Bertz CT molecular complexity index is 1070. The van der Waals surface area contributed by atoms with E-state index in [4.69, 9.17) is 9.16 Å². The Balaban J connectivity index is 1.54. The fraction of sp³-hybridized carbons (Fsp3) is 0.714. The third-order valence-electron chi connectivity index (χ3n) is 6.89. The molecule has 0 aromatic carbocycles. The van der Waals surface area contributed by atoms with Crippen molar-refractivity contribution < 1.29 is 14.0 Å².